The van der Waals surface area contributed by atoms with Crippen LogP contribution < -0.4 is 5.11 Å². The maximum atomic E-state index is 9.14. The normalized spacial score (nSPS) is 11.0. The maximum Gasteiger partial charge on any atom is 0.278 e. The van der Waals surface area contributed by atoms with Crippen LogP contribution >= 0.6 is 0 Å². The molecule has 0 saturated heterocycles. The molecule has 0 saturated carbocycles. The van der Waals surface area contributed by atoms with Gasteiger partial charge in [0.15, 0.2) is 0 Å². The lowest BCUT2D eigenvalue weighted by atomic mass is 10.0. The first kappa shape index (κ1) is 29.4. The van der Waals surface area contributed by atoms with Gasteiger partial charge in [0, 0.05) is 0 Å². The minimum absolute atomic E-state index is 1.08. The molecule has 5 heteroatoms. The van der Waals surface area contributed by atoms with E-state index in [9.17, 15) is 0 Å². The van der Waals surface area contributed by atoms with E-state index < -0.39 is 6.16 Å². The fourth-order valence-corrected chi connectivity index (χ4v) is 3.20. The molecular weight excluding hydrogens is 354 g/mol. The van der Waals surface area contributed by atoms with E-state index in [1.807, 2.05) is 0 Å². The van der Waals surface area contributed by atoms with Crippen LogP contribution in [0.4, 0.5) is 4.79 Å². The summed E-state index contributed by atoms with van der Waals surface area (Å²) in [5.41, 5.74) is 0. The fourth-order valence-electron chi connectivity index (χ4n) is 3.20. The van der Waals surface area contributed by atoms with E-state index in [0.29, 0.717) is 0 Å². The van der Waals surface area contributed by atoms with Crippen molar-refractivity contribution in [2.24, 2.45) is 0 Å². The largest absolute Gasteiger partial charge is 0.424 e. The molecule has 0 aliphatic rings. The van der Waals surface area contributed by atoms with Crippen LogP contribution in [0.25, 0.3) is 0 Å². The zero-order valence-corrected chi connectivity index (χ0v) is 19.6. The molecule has 0 bridgehead atoms. The molecule has 0 spiro atoms. The van der Waals surface area contributed by atoms with Gasteiger partial charge in [-0.1, -0.05) is 96.8 Å². The van der Waals surface area contributed by atoms with E-state index in [0.717, 1.165) is 11.6 Å². The molecule has 0 unspecified atom stereocenters. The highest BCUT2D eigenvalue weighted by Crippen LogP contribution is 2.13. The highest BCUT2D eigenvalue weighted by molar-refractivity contribution is 5.52. The lowest BCUT2D eigenvalue weighted by Gasteiger charge is -2.23. The van der Waals surface area contributed by atoms with E-state index in [4.69, 9.17) is 9.90 Å². The van der Waals surface area contributed by atoms with Crippen molar-refractivity contribution in [2.45, 2.75) is 110 Å². The molecule has 0 rings (SSSR count). The Morgan fingerprint density at radius 3 is 1.21 bits per heavy atom. The van der Waals surface area contributed by atoms with E-state index >= 15 is 0 Å². The molecule has 28 heavy (non-hydrogen) atoms. The maximum absolute atomic E-state index is 9.14. The molecule has 0 aromatic heterocycles. The van der Waals surface area contributed by atoms with Crippen molar-refractivity contribution in [1.82, 2.24) is 0 Å². The van der Waals surface area contributed by atoms with Gasteiger partial charge in [0.1, 0.15) is 0 Å². The second-order valence-corrected chi connectivity index (χ2v) is 8.82. The highest BCUT2D eigenvalue weighted by Gasteiger charge is 2.04. The van der Waals surface area contributed by atoms with Crippen LogP contribution in [0.3, 0.4) is 0 Å². The van der Waals surface area contributed by atoms with E-state index in [1.54, 1.807) is 0 Å². The summed E-state index contributed by atoms with van der Waals surface area (Å²) in [6, 6.07) is 0. The Kier molecular flexibility index (Phi) is 23.6. The summed E-state index contributed by atoms with van der Waals surface area (Å²) < 4.78 is 1.12. The fraction of sp³-hybridized carbons (Fsp3) is 0.957. The molecule has 0 fully saturated rings. The summed E-state index contributed by atoms with van der Waals surface area (Å²) in [6.07, 6.45) is 21.7. The zero-order valence-electron chi connectivity index (χ0n) is 19.6. The van der Waals surface area contributed by atoms with Gasteiger partial charge >= 0.3 is 0 Å². The summed E-state index contributed by atoms with van der Waals surface area (Å²) >= 11 is 0. The van der Waals surface area contributed by atoms with Gasteiger partial charge in [-0.3, -0.25) is 4.89 Å². The van der Waals surface area contributed by atoms with Crippen LogP contribution in [0.15, 0.2) is 0 Å². The molecule has 0 aromatic carbocycles. The Morgan fingerprint density at radius 2 is 1.00 bits per heavy atom. The Bertz CT molecular complexity index is 316. The molecule has 5 nitrogen and oxygen atoms in total. The molecule has 170 valence electrons. The number of carbonyl (C=O) groups is 1. The van der Waals surface area contributed by atoms with Crippen LogP contribution in [0.1, 0.15) is 110 Å². The van der Waals surface area contributed by atoms with Crippen LogP contribution in [0.5, 0.6) is 0 Å². The number of unbranched alkanes of at least 4 members (excludes halogenated alkanes) is 15. The third-order valence-corrected chi connectivity index (χ3v) is 4.83. The van der Waals surface area contributed by atoms with Gasteiger partial charge in [-0.05, 0) is 12.8 Å². The molecule has 0 aliphatic heterocycles. The standard InChI is InChI=1S/C21H46N.C2H4O4/c1-5-6-7-8-9-10-11-12-13-14-15-16-17-18-19-20-21-22(2,3)4;1-5-6-2(3)4/h5-21H2,1-4H3;1H3,(H,3,4)/q+1;/p-1. The topological polar surface area (TPSA) is 58.6 Å². The molecule has 0 heterocycles. The predicted molar refractivity (Wildman–Crippen MR) is 116 cm³/mol. The van der Waals surface area contributed by atoms with Gasteiger partial charge in [-0.2, -0.15) is 0 Å². The van der Waals surface area contributed by atoms with Crippen molar-refractivity contribution in [3.05, 3.63) is 0 Å². The Hall–Kier alpha value is -0.810. The number of nitrogens with zero attached hydrogens (tertiary/aromatic N) is 1. The van der Waals surface area contributed by atoms with E-state index in [-0.39, 0.29) is 0 Å². The summed E-state index contributed by atoms with van der Waals surface area (Å²) in [7, 11) is 7.97. The van der Waals surface area contributed by atoms with Crippen molar-refractivity contribution >= 4 is 6.16 Å². The first-order chi connectivity index (χ1) is 13.3. The number of carbonyl (C=O) groups excluding carboxylic acids is 1. The Labute approximate surface area is 175 Å². The lowest BCUT2D eigenvalue weighted by Crippen LogP contribution is -2.35. The minimum atomic E-state index is -1.68. The van der Waals surface area contributed by atoms with Gasteiger partial charge in [-0.25, -0.2) is 0 Å². The molecule has 0 radical (unpaired) electrons. The first-order valence-electron chi connectivity index (χ1n) is 11.6. The third kappa shape index (κ3) is 32.8. The van der Waals surface area contributed by atoms with Gasteiger partial charge in [0.2, 0.25) is 0 Å². The Morgan fingerprint density at radius 1 is 0.679 bits per heavy atom. The number of hydrogen-bond donors (Lipinski definition) is 0. The molecule has 0 aromatic rings. The van der Waals surface area contributed by atoms with Crippen LogP contribution in [0.2, 0.25) is 0 Å². The van der Waals surface area contributed by atoms with Crippen LogP contribution in [0, 0.1) is 0 Å². The van der Waals surface area contributed by atoms with Gasteiger partial charge < -0.3 is 19.3 Å². The van der Waals surface area contributed by atoms with E-state index in [1.165, 1.54) is 109 Å². The van der Waals surface area contributed by atoms with Crippen molar-refractivity contribution in [3.8, 4) is 0 Å². The average Bonchev–Trinajstić information content (AvgIpc) is 2.61. The number of hydrogen-bond acceptors (Lipinski definition) is 4. The average molecular weight is 404 g/mol. The van der Waals surface area contributed by atoms with Crippen molar-refractivity contribution in [2.75, 3.05) is 34.8 Å². The van der Waals surface area contributed by atoms with Gasteiger partial charge in [-0.15, -0.1) is 0 Å². The zero-order chi connectivity index (χ0) is 21.5. The molecular formula is C23H49NO4. The molecule has 0 amide bonds. The van der Waals surface area contributed by atoms with Crippen molar-refractivity contribution in [3.63, 3.8) is 0 Å². The predicted octanol–water partition coefficient (Wildman–Crippen LogP) is 5.86. The summed E-state index contributed by atoms with van der Waals surface area (Å²) in [5.74, 6) is 0. The lowest BCUT2D eigenvalue weighted by molar-refractivity contribution is -0.870. The number of quaternary nitrogens is 1. The van der Waals surface area contributed by atoms with Crippen LogP contribution in [-0.2, 0) is 9.78 Å². The molecule has 0 atom stereocenters. The van der Waals surface area contributed by atoms with E-state index in [2.05, 4.69) is 37.8 Å². The third-order valence-electron chi connectivity index (χ3n) is 4.83. The van der Waals surface area contributed by atoms with Gasteiger partial charge in [0.25, 0.3) is 6.16 Å². The Balaban J connectivity index is 0. The summed E-state index contributed by atoms with van der Waals surface area (Å²) in [4.78, 5) is 16.1. The quantitative estimate of drug-likeness (QED) is 0.124. The molecule has 0 N–H and O–H groups in total. The summed E-state index contributed by atoms with van der Waals surface area (Å²) in [5, 5.41) is 9.14. The second kappa shape index (κ2) is 22.5. The minimum Gasteiger partial charge on any atom is -0.424 e. The molecule has 0 aliphatic carbocycles. The monoisotopic (exact) mass is 403 g/mol. The smallest absolute Gasteiger partial charge is 0.278 e. The summed E-state index contributed by atoms with van der Waals surface area (Å²) in [6.45, 7) is 3.63. The number of carboxylic acid groups (broad SMARTS) is 1. The van der Waals surface area contributed by atoms with Crippen LogP contribution in [-0.4, -0.2) is 45.4 Å². The SMILES string of the molecule is CCCCCCCCCCCCCCCCCC[N+](C)(C)C.COOC(=O)[O-]. The number of rotatable bonds is 18. The second-order valence-electron chi connectivity index (χ2n) is 8.82. The van der Waals surface area contributed by atoms with Crippen molar-refractivity contribution in [1.29, 1.82) is 0 Å². The van der Waals surface area contributed by atoms with Gasteiger partial charge in [0.05, 0.1) is 34.8 Å². The highest BCUT2D eigenvalue weighted by atomic mass is 17.2. The van der Waals surface area contributed by atoms with Crippen molar-refractivity contribution < 1.29 is 24.2 Å². The first-order valence-corrected chi connectivity index (χ1v) is 11.6.